The van der Waals surface area contributed by atoms with Crippen LogP contribution in [0.4, 0.5) is 0 Å². The van der Waals surface area contributed by atoms with E-state index in [-0.39, 0.29) is 35.4 Å². The number of H-pyrrole nitrogens is 1. The maximum atomic E-state index is 7.99. The summed E-state index contributed by atoms with van der Waals surface area (Å²) in [6, 6.07) is 1.69. The summed E-state index contributed by atoms with van der Waals surface area (Å²) in [6.07, 6.45) is 0. The number of nitrogens with one attached hydrogen (secondary N) is 1. The fourth-order valence-corrected chi connectivity index (χ4v) is 0.209. The maximum Gasteiger partial charge on any atom is 0.273 e. The second kappa shape index (κ2) is 3.55. The summed E-state index contributed by atoms with van der Waals surface area (Å²) in [7, 11) is 0. The summed E-state index contributed by atoms with van der Waals surface area (Å²) in [5.41, 5.74) is 0. The molecule has 5 nitrogen and oxygen atoms in total. The van der Waals surface area contributed by atoms with E-state index in [1.54, 1.807) is 6.07 Å². The van der Waals surface area contributed by atoms with Gasteiger partial charge in [0, 0.05) is 29.6 Å². The predicted molar refractivity (Wildman–Crippen MR) is 24.6 cm³/mol. The number of nitriles is 1. The minimum atomic E-state index is 0. The molecule has 6 heteroatoms. The summed E-state index contributed by atoms with van der Waals surface area (Å²) in [4.78, 5) is 0. The van der Waals surface area contributed by atoms with Gasteiger partial charge < -0.3 is 0 Å². The third kappa shape index (κ3) is 1.58. The summed E-state index contributed by atoms with van der Waals surface area (Å²) < 4.78 is 0. The van der Waals surface area contributed by atoms with Crippen molar-refractivity contribution in [1.82, 2.24) is 20.6 Å². The first kappa shape index (κ1) is 7.56. The van der Waals surface area contributed by atoms with Crippen LogP contribution in [0.2, 0.25) is 0 Å². The van der Waals surface area contributed by atoms with E-state index in [1.165, 1.54) is 0 Å². The number of aromatic amines is 1. The molecule has 1 rings (SSSR count). The SMILES string of the molecule is N#Cc1nn[nH]n1.[Na]. The molecule has 35 valence electrons. The number of tetrazole rings is 1. The Labute approximate surface area is 67.4 Å². The van der Waals surface area contributed by atoms with Crippen LogP contribution in [0.1, 0.15) is 5.82 Å². The Morgan fingerprint density at radius 2 is 2.38 bits per heavy atom. The van der Waals surface area contributed by atoms with Crippen molar-refractivity contribution in [3.05, 3.63) is 5.82 Å². The number of hydrogen-bond acceptors (Lipinski definition) is 4. The van der Waals surface area contributed by atoms with Crippen LogP contribution in [0.5, 0.6) is 0 Å². The topological polar surface area (TPSA) is 78.2 Å². The Balaban J connectivity index is 0.000000490. The molecule has 0 atom stereocenters. The third-order valence-corrected chi connectivity index (χ3v) is 0.445. The van der Waals surface area contributed by atoms with Crippen molar-refractivity contribution < 1.29 is 0 Å². The van der Waals surface area contributed by atoms with E-state index in [0.717, 1.165) is 0 Å². The maximum absolute atomic E-state index is 7.99. The van der Waals surface area contributed by atoms with Gasteiger partial charge in [-0.1, -0.05) is 5.10 Å². The van der Waals surface area contributed by atoms with E-state index in [0.29, 0.717) is 0 Å². The van der Waals surface area contributed by atoms with Gasteiger partial charge in [0.2, 0.25) is 0 Å². The number of nitrogens with zero attached hydrogens (tertiary/aromatic N) is 4. The van der Waals surface area contributed by atoms with Gasteiger partial charge in [-0.05, 0) is 5.21 Å². The van der Waals surface area contributed by atoms with Crippen molar-refractivity contribution in [3.63, 3.8) is 0 Å². The summed E-state index contributed by atoms with van der Waals surface area (Å²) in [5.74, 6) is 0.0694. The molecule has 0 unspecified atom stereocenters. The van der Waals surface area contributed by atoms with E-state index in [2.05, 4.69) is 20.6 Å². The molecule has 0 aliphatic heterocycles. The minimum Gasteiger partial charge on any atom is -0.189 e. The molecule has 1 radical (unpaired) electrons. The van der Waals surface area contributed by atoms with Gasteiger partial charge in [0.1, 0.15) is 6.07 Å². The molecular weight excluding hydrogens is 117 g/mol. The fourth-order valence-electron chi connectivity index (χ4n) is 0.209. The van der Waals surface area contributed by atoms with E-state index >= 15 is 0 Å². The van der Waals surface area contributed by atoms with Gasteiger partial charge in [-0.15, -0.1) is 5.10 Å². The average Bonchev–Trinajstić information content (AvgIpc) is 2.14. The zero-order valence-electron chi connectivity index (χ0n) is 4.29. The molecule has 0 amide bonds. The van der Waals surface area contributed by atoms with Crippen LogP contribution < -0.4 is 0 Å². The van der Waals surface area contributed by atoms with Crippen molar-refractivity contribution >= 4 is 29.6 Å². The van der Waals surface area contributed by atoms with Crippen molar-refractivity contribution in [1.29, 1.82) is 5.26 Å². The zero-order chi connectivity index (χ0) is 5.11. The van der Waals surface area contributed by atoms with Crippen molar-refractivity contribution in [2.24, 2.45) is 0 Å². The van der Waals surface area contributed by atoms with Crippen LogP contribution >= 0.6 is 0 Å². The largest absolute Gasteiger partial charge is 0.273 e. The Bertz CT molecular complexity index is 173. The number of hydrogen-bond donors (Lipinski definition) is 1. The second-order valence-electron chi connectivity index (χ2n) is 0.847. The first-order valence-electron chi connectivity index (χ1n) is 1.57. The molecule has 0 aromatic carbocycles. The molecule has 0 aliphatic carbocycles. The van der Waals surface area contributed by atoms with Crippen LogP contribution in [-0.2, 0) is 0 Å². The molecule has 1 heterocycles. The Morgan fingerprint density at radius 1 is 1.62 bits per heavy atom. The molecule has 0 saturated heterocycles. The van der Waals surface area contributed by atoms with E-state index in [4.69, 9.17) is 5.26 Å². The van der Waals surface area contributed by atoms with Crippen molar-refractivity contribution in [2.45, 2.75) is 0 Å². The van der Waals surface area contributed by atoms with Gasteiger partial charge in [-0.2, -0.15) is 10.5 Å². The molecule has 0 fully saturated rings. The smallest absolute Gasteiger partial charge is 0.189 e. The summed E-state index contributed by atoms with van der Waals surface area (Å²) in [6.45, 7) is 0. The third-order valence-electron chi connectivity index (χ3n) is 0.445. The van der Waals surface area contributed by atoms with Crippen molar-refractivity contribution in [2.75, 3.05) is 0 Å². The number of rotatable bonds is 0. The minimum absolute atomic E-state index is 0. The Kier molecular flexibility index (Phi) is 3.35. The summed E-state index contributed by atoms with van der Waals surface area (Å²) in [5, 5.41) is 19.9. The van der Waals surface area contributed by atoms with E-state index in [1.807, 2.05) is 0 Å². The van der Waals surface area contributed by atoms with E-state index < -0.39 is 0 Å². The van der Waals surface area contributed by atoms with E-state index in [9.17, 15) is 0 Å². The van der Waals surface area contributed by atoms with Gasteiger partial charge >= 0.3 is 0 Å². The number of aromatic nitrogens is 4. The van der Waals surface area contributed by atoms with Crippen LogP contribution in [0.15, 0.2) is 0 Å². The van der Waals surface area contributed by atoms with Gasteiger partial charge in [-0.3, -0.25) is 0 Å². The second-order valence-corrected chi connectivity index (χ2v) is 0.847. The van der Waals surface area contributed by atoms with Gasteiger partial charge in [0.15, 0.2) is 0 Å². The Hall–Kier alpha value is -0.440. The van der Waals surface area contributed by atoms with Crippen LogP contribution in [0.25, 0.3) is 0 Å². The Morgan fingerprint density at radius 3 is 2.62 bits per heavy atom. The quantitative estimate of drug-likeness (QED) is 0.429. The molecule has 1 aromatic heterocycles. The molecule has 0 bridgehead atoms. The van der Waals surface area contributed by atoms with Gasteiger partial charge in [0.25, 0.3) is 5.82 Å². The molecular formula is C2HN5Na. The summed E-state index contributed by atoms with van der Waals surface area (Å²) >= 11 is 0. The average molecular weight is 118 g/mol. The van der Waals surface area contributed by atoms with Crippen molar-refractivity contribution in [3.8, 4) is 6.07 Å². The molecule has 0 spiro atoms. The molecule has 1 N–H and O–H groups in total. The molecule has 1 aromatic rings. The standard InChI is InChI=1S/C2HN5.Na/c3-1-2-4-6-7-5-2;/h(H,4,5,6,7);. The molecule has 0 aliphatic rings. The monoisotopic (exact) mass is 118 g/mol. The van der Waals surface area contributed by atoms with Crippen LogP contribution in [-0.4, -0.2) is 50.2 Å². The zero-order valence-corrected chi connectivity index (χ0v) is 6.29. The van der Waals surface area contributed by atoms with Gasteiger partial charge in [0.05, 0.1) is 0 Å². The molecule has 8 heavy (non-hydrogen) atoms. The molecule has 0 saturated carbocycles. The fraction of sp³-hybridized carbons (Fsp3) is 0. The van der Waals surface area contributed by atoms with Crippen LogP contribution in [0, 0.1) is 11.3 Å². The van der Waals surface area contributed by atoms with Gasteiger partial charge in [-0.25, -0.2) is 0 Å². The first-order valence-corrected chi connectivity index (χ1v) is 1.57. The predicted octanol–water partition coefficient (Wildman–Crippen LogP) is -1.31. The van der Waals surface area contributed by atoms with Crippen LogP contribution in [0.3, 0.4) is 0 Å². The first-order chi connectivity index (χ1) is 3.43. The normalized spacial score (nSPS) is 6.88.